The molecule has 3 aliphatic rings. The molecule has 2 aromatic heterocycles. The minimum atomic E-state index is -0.950. The molecule has 2 bridgehead atoms. The van der Waals surface area contributed by atoms with Crippen LogP contribution < -0.4 is 10.6 Å². The Balaban J connectivity index is 1.41. The van der Waals surface area contributed by atoms with Crippen LogP contribution in [0, 0.1) is 0 Å². The van der Waals surface area contributed by atoms with Crippen molar-refractivity contribution in [2.75, 3.05) is 5.32 Å². The van der Waals surface area contributed by atoms with Gasteiger partial charge in [0.05, 0.1) is 23.6 Å². The number of nitrogens with one attached hydrogen (secondary N) is 2. The lowest BCUT2D eigenvalue weighted by Gasteiger charge is -2.70. The summed E-state index contributed by atoms with van der Waals surface area (Å²) in [4.78, 5) is 23.6. The highest BCUT2D eigenvalue weighted by atomic mass is 16.4. The van der Waals surface area contributed by atoms with Gasteiger partial charge in [-0.25, -0.2) is 9.78 Å². The van der Waals surface area contributed by atoms with Gasteiger partial charge in [-0.1, -0.05) is 0 Å². The SMILES string of the molecule is O=C(O)NC12CC(Nc3cnc(-c4cccnc4)cn3)(C1)C2. The van der Waals surface area contributed by atoms with Gasteiger partial charge >= 0.3 is 6.09 Å². The maximum absolute atomic E-state index is 10.7. The summed E-state index contributed by atoms with van der Waals surface area (Å²) in [7, 11) is 0. The van der Waals surface area contributed by atoms with Crippen molar-refractivity contribution in [1.29, 1.82) is 0 Å². The van der Waals surface area contributed by atoms with Gasteiger partial charge in [0.1, 0.15) is 5.82 Å². The molecule has 2 aromatic rings. The molecule has 7 heteroatoms. The van der Waals surface area contributed by atoms with Crippen molar-refractivity contribution < 1.29 is 9.90 Å². The average molecular weight is 297 g/mol. The Morgan fingerprint density at radius 3 is 2.55 bits per heavy atom. The van der Waals surface area contributed by atoms with Crippen LogP contribution in [0.3, 0.4) is 0 Å². The zero-order chi connectivity index (χ0) is 15.2. The number of pyridine rings is 1. The molecule has 0 spiro atoms. The van der Waals surface area contributed by atoms with Crippen LogP contribution in [0.4, 0.5) is 10.6 Å². The van der Waals surface area contributed by atoms with Gasteiger partial charge in [0, 0.05) is 23.5 Å². The molecule has 112 valence electrons. The molecule has 0 radical (unpaired) electrons. The number of anilines is 1. The molecule has 0 unspecified atom stereocenters. The Morgan fingerprint density at radius 1 is 1.14 bits per heavy atom. The van der Waals surface area contributed by atoms with Crippen LogP contribution in [-0.4, -0.2) is 37.2 Å². The zero-order valence-corrected chi connectivity index (χ0v) is 11.8. The number of aromatic nitrogens is 3. The number of rotatable bonds is 4. The van der Waals surface area contributed by atoms with E-state index in [0.29, 0.717) is 0 Å². The first-order valence-corrected chi connectivity index (χ1v) is 7.10. The first-order valence-electron chi connectivity index (χ1n) is 7.10. The van der Waals surface area contributed by atoms with Crippen molar-refractivity contribution in [1.82, 2.24) is 20.3 Å². The average Bonchev–Trinajstić information content (AvgIpc) is 2.45. The Morgan fingerprint density at radius 2 is 1.95 bits per heavy atom. The van der Waals surface area contributed by atoms with Crippen molar-refractivity contribution in [2.45, 2.75) is 30.3 Å². The summed E-state index contributed by atoms with van der Waals surface area (Å²) in [5, 5.41) is 14.8. The fourth-order valence-corrected chi connectivity index (χ4v) is 3.61. The number of carboxylic acid groups (broad SMARTS) is 1. The number of hydrogen-bond donors (Lipinski definition) is 3. The lowest BCUT2D eigenvalue weighted by Crippen LogP contribution is -2.81. The molecule has 0 aromatic carbocycles. The third kappa shape index (κ3) is 2.05. The van der Waals surface area contributed by atoms with Crippen molar-refractivity contribution in [3.05, 3.63) is 36.9 Å². The standard InChI is InChI=1S/C15H15N5O2/c21-13(22)20-15-7-14(8-15,9-15)19-12-6-17-11(5-18-12)10-2-1-3-16-4-10/h1-6,20H,7-9H2,(H,18,19)(H,21,22). The smallest absolute Gasteiger partial charge is 0.405 e. The van der Waals surface area contributed by atoms with E-state index in [2.05, 4.69) is 25.6 Å². The summed E-state index contributed by atoms with van der Waals surface area (Å²) in [5.74, 6) is 0.719. The van der Waals surface area contributed by atoms with E-state index < -0.39 is 6.09 Å². The highest BCUT2D eigenvalue weighted by Gasteiger charge is 2.69. The van der Waals surface area contributed by atoms with E-state index >= 15 is 0 Å². The van der Waals surface area contributed by atoms with E-state index in [1.165, 1.54) is 0 Å². The van der Waals surface area contributed by atoms with E-state index in [9.17, 15) is 4.79 Å². The van der Waals surface area contributed by atoms with E-state index in [4.69, 9.17) is 5.11 Å². The number of hydrogen-bond acceptors (Lipinski definition) is 5. The van der Waals surface area contributed by atoms with Gasteiger partial charge in [-0.15, -0.1) is 0 Å². The molecule has 0 aliphatic heterocycles. The fraction of sp³-hybridized carbons (Fsp3) is 0.333. The van der Waals surface area contributed by atoms with Gasteiger partial charge < -0.3 is 15.7 Å². The van der Waals surface area contributed by atoms with Gasteiger partial charge in [-0.2, -0.15) is 0 Å². The Bertz CT molecular complexity index is 697. The van der Waals surface area contributed by atoms with Gasteiger partial charge in [0.15, 0.2) is 0 Å². The third-order valence-corrected chi connectivity index (χ3v) is 4.40. The summed E-state index contributed by atoms with van der Waals surface area (Å²) in [5.41, 5.74) is 1.46. The van der Waals surface area contributed by atoms with Crippen LogP contribution in [0.2, 0.25) is 0 Å². The number of carbonyl (C=O) groups is 1. The Hall–Kier alpha value is -2.70. The predicted octanol–water partition coefficient (Wildman–Crippen LogP) is 1.89. The van der Waals surface area contributed by atoms with E-state index in [1.54, 1.807) is 24.8 Å². The molecule has 3 fully saturated rings. The zero-order valence-electron chi connectivity index (χ0n) is 11.8. The van der Waals surface area contributed by atoms with Crippen LogP contribution in [0.25, 0.3) is 11.3 Å². The minimum Gasteiger partial charge on any atom is -0.465 e. The van der Waals surface area contributed by atoms with E-state index in [0.717, 1.165) is 36.3 Å². The second-order valence-electron chi connectivity index (χ2n) is 6.17. The first kappa shape index (κ1) is 13.0. The molecule has 0 atom stereocenters. The van der Waals surface area contributed by atoms with Crippen molar-refractivity contribution in [3.63, 3.8) is 0 Å². The van der Waals surface area contributed by atoms with Gasteiger partial charge in [0.25, 0.3) is 0 Å². The van der Waals surface area contributed by atoms with Crippen LogP contribution in [0.15, 0.2) is 36.9 Å². The van der Waals surface area contributed by atoms with Crippen LogP contribution in [0.5, 0.6) is 0 Å². The van der Waals surface area contributed by atoms with Gasteiger partial charge in [-0.3, -0.25) is 9.97 Å². The Labute approximate surface area is 126 Å². The minimum absolute atomic E-state index is 0.0209. The quantitative estimate of drug-likeness (QED) is 0.797. The summed E-state index contributed by atoms with van der Waals surface area (Å²) in [6, 6.07) is 3.80. The fourth-order valence-electron chi connectivity index (χ4n) is 3.61. The first-order chi connectivity index (χ1) is 10.6. The highest BCUT2D eigenvalue weighted by Crippen LogP contribution is 2.61. The normalized spacial score (nSPS) is 28.2. The maximum Gasteiger partial charge on any atom is 0.405 e. The molecule has 3 saturated carbocycles. The predicted molar refractivity (Wildman–Crippen MR) is 79.4 cm³/mol. The van der Waals surface area contributed by atoms with Crippen LogP contribution in [-0.2, 0) is 0 Å². The molecule has 0 saturated heterocycles. The van der Waals surface area contributed by atoms with Gasteiger partial charge in [-0.05, 0) is 31.4 Å². The summed E-state index contributed by atoms with van der Waals surface area (Å²) < 4.78 is 0. The van der Waals surface area contributed by atoms with E-state index in [-0.39, 0.29) is 11.1 Å². The van der Waals surface area contributed by atoms with Crippen LogP contribution in [0.1, 0.15) is 19.3 Å². The molecular formula is C15H15N5O2. The molecule has 7 nitrogen and oxygen atoms in total. The second-order valence-corrected chi connectivity index (χ2v) is 6.17. The molecule has 22 heavy (non-hydrogen) atoms. The summed E-state index contributed by atoms with van der Waals surface area (Å²) >= 11 is 0. The highest BCUT2D eigenvalue weighted by molar-refractivity contribution is 5.68. The summed E-state index contributed by atoms with van der Waals surface area (Å²) in [6.45, 7) is 0. The third-order valence-electron chi connectivity index (χ3n) is 4.40. The van der Waals surface area contributed by atoms with Crippen molar-refractivity contribution in [2.24, 2.45) is 0 Å². The van der Waals surface area contributed by atoms with Crippen molar-refractivity contribution >= 4 is 11.9 Å². The molecule has 3 N–H and O–H groups in total. The van der Waals surface area contributed by atoms with E-state index in [1.807, 2.05) is 12.1 Å². The molecule has 2 heterocycles. The Kier molecular flexibility index (Phi) is 2.60. The molecular weight excluding hydrogens is 282 g/mol. The number of amides is 1. The number of nitrogens with zero attached hydrogens (tertiary/aromatic N) is 3. The topological polar surface area (TPSA) is 100 Å². The van der Waals surface area contributed by atoms with Crippen LogP contribution >= 0.6 is 0 Å². The molecule has 1 amide bonds. The van der Waals surface area contributed by atoms with Gasteiger partial charge in [0.2, 0.25) is 0 Å². The van der Waals surface area contributed by atoms with Crippen molar-refractivity contribution in [3.8, 4) is 11.3 Å². The largest absolute Gasteiger partial charge is 0.465 e. The second kappa shape index (κ2) is 4.40. The lowest BCUT2D eigenvalue weighted by atomic mass is 9.44. The molecule has 3 aliphatic carbocycles. The lowest BCUT2D eigenvalue weighted by molar-refractivity contribution is -0.0575. The monoisotopic (exact) mass is 297 g/mol. The maximum atomic E-state index is 10.7. The summed E-state index contributed by atoms with van der Waals surface area (Å²) in [6.07, 6.45) is 8.36. The molecule has 5 rings (SSSR count).